The molecule has 20 heavy (non-hydrogen) atoms. The third kappa shape index (κ3) is 3.40. The summed E-state index contributed by atoms with van der Waals surface area (Å²) in [5.41, 5.74) is 0.659. The highest BCUT2D eigenvalue weighted by Crippen LogP contribution is 2.27. The van der Waals surface area contributed by atoms with Crippen LogP contribution < -0.4 is 4.72 Å². The second-order valence-electron chi connectivity index (χ2n) is 4.86. The first-order valence-electron chi connectivity index (χ1n) is 6.42. The highest BCUT2D eigenvalue weighted by molar-refractivity contribution is 9.10. The summed E-state index contributed by atoms with van der Waals surface area (Å²) in [6, 6.07) is 4.52. The van der Waals surface area contributed by atoms with E-state index in [9.17, 15) is 8.42 Å². The number of ether oxygens (including phenoxy) is 1. The zero-order valence-corrected chi connectivity index (χ0v) is 13.6. The van der Waals surface area contributed by atoms with Crippen LogP contribution in [-0.2, 0) is 21.4 Å². The SMILES string of the molecule is COC1CCCC1NS(=O)(=O)c1ccc(CO)cc1Br. The summed E-state index contributed by atoms with van der Waals surface area (Å²) in [6.45, 7) is -0.124. The zero-order chi connectivity index (χ0) is 14.8. The van der Waals surface area contributed by atoms with Gasteiger partial charge in [-0.1, -0.05) is 6.07 Å². The number of sulfonamides is 1. The normalized spacial score (nSPS) is 23.1. The van der Waals surface area contributed by atoms with Crippen LogP contribution in [0.2, 0.25) is 0 Å². The van der Waals surface area contributed by atoms with Gasteiger partial charge in [0.05, 0.1) is 17.6 Å². The van der Waals surface area contributed by atoms with E-state index in [1.807, 2.05) is 0 Å². The van der Waals surface area contributed by atoms with Crippen LogP contribution in [0.15, 0.2) is 27.6 Å². The van der Waals surface area contributed by atoms with Crippen molar-refractivity contribution < 1.29 is 18.3 Å². The predicted molar refractivity (Wildman–Crippen MR) is 78.8 cm³/mol. The topological polar surface area (TPSA) is 75.6 Å². The largest absolute Gasteiger partial charge is 0.392 e. The second kappa shape index (κ2) is 6.53. The van der Waals surface area contributed by atoms with E-state index >= 15 is 0 Å². The van der Waals surface area contributed by atoms with Crippen LogP contribution in [0.5, 0.6) is 0 Å². The maximum absolute atomic E-state index is 12.4. The van der Waals surface area contributed by atoms with Crippen LogP contribution in [0.4, 0.5) is 0 Å². The first-order valence-corrected chi connectivity index (χ1v) is 8.70. The first-order chi connectivity index (χ1) is 9.47. The van der Waals surface area contributed by atoms with Gasteiger partial charge in [-0.05, 0) is 52.9 Å². The molecule has 1 aliphatic rings. The van der Waals surface area contributed by atoms with Gasteiger partial charge in [0.25, 0.3) is 0 Å². The van der Waals surface area contributed by atoms with E-state index in [2.05, 4.69) is 20.7 Å². The first kappa shape index (κ1) is 15.9. The van der Waals surface area contributed by atoms with Crippen molar-refractivity contribution in [2.24, 2.45) is 0 Å². The third-order valence-electron chi connectivity index (χ3n) is 3.53. The van der Waals surface area contributed by atoms with E-state index in [1.165, 1.54) is 6.07 Å². The third-order valence-corrected chi connectivity index (χ3v) is 6.00. The number of hydrogen-bond acceptors (Lipinski definition) is 4. The van der Waals surface area contributed by atoms with Crippen molar-refractivity contribution >= 4 is 26.0 Å². The molecule has 112 valence electrons. The smallest absolute Gasteiger partial charge is 0.242 e. The molecule has 0 spiro atoms. The van der Waals surface area contributed by atoms with Crippen LogP contribution in [0.3, 0.4) is 0 Å². The molecule has 0 saturated heterocycles. The van der Waals surface area contributed by atoms with Crippen LogP contribution in [0, 0.1) is 0 Å². The number of rotatable bonds is 5. The molecule has 0 amide bonds. The molecule has 1 saturated carbocycles. The molecule has 2 atom stereocenters. The Balaban J connectivity index is 2.22. The average molecular weight is 364 g/mol. The number of halogens is 1. The summed E-state index contributed by atoms with van der Waals surface area (Å²) in [4.78, 5) is 0.177. The minimum atomic E-state index is -3.60. The molecule has 1 aliphatic carbocycles. The maximum atomic E-state index is 12.4. The maximum Gasteiger partial charge on any atom is 0.242 e. The molecular formula is C13H18BrNO4S. The standard InChI is InChI=1S/C13H18BrNO4S/c1-19-12-4-2-3-11(12)15-20(17,18)13-6-5-9(8-16)7-10(13)14/h5-7,11-12,15-16H,2-4,8H2,1H3. The van der Waals surface area contributed by atoms with Crippen LogP contribution >= 0.6 is 15.9 Å². The summed E-state index contributed by atoms with van der Waals surface area (Å²) in [7, 11) is -2.00. The van der Waals surface area contributed by atoms with Gasteiger partial charge in [0, 0.05) is 17.6 Å². The summed E-state index contributed by atoms with van der Waals surface area (Å²) < 4.78 is 33.3. The number of methoxy groups -OCH3 is 1. The lowest BCUT2D eigenvalue weighted by molar-refractivity contribution is 0.0916. The molecule has 7 heteroatoms. The predicted octanol–water partition coefficient (Wildman–Crippen LogP) is 1.79. The molecule has 5 nitrogen and oxygen atoms in total. The van der Waals surface area contributed by atoms with Gasteiger partial charge in [0.1, 0.15) is 0 Å². The molecule has 1 aromatic carbocycles. The molecule has 2 N–H and O–H groups in total. The molecular weight excluding hydrogens is 346 g/mol. The average Bonchev–Trinajstić information content (AvgIpc) is 2.84. The molecule has 1 fully saturated rings. The molecule has 1 aromatic rings. The minimum absolute atomic E-state index is 0.0692. The van der Waals surface area contributed by atoms with Gasteiger partial charge in [0.15, 0.2) is 0 Å². The van der Waals surface area contributed by atoms with Crippen molar-refractivity contribution in [3.63, 3.8) is 0 Å². The number of hydrogen-bond donors (Lipinski definition) is 2. The molecule has 0 aromatic heterocycles. The minimum Gasteiger partial charge on any atom is -0.392 e. The molecule has 0 aliphatic heterocycles. The summed E-state index contributed by atoms with van der Waals surface area (Å²) in [6.07, 6.45) is 2.54. The number of benzene rings is 1. The summed E-state index contributed by atoms with van der Waals surface area (Å²) in [5, 5.41) is 9.05. The van der Waals surface area contributed by atoms with Gasteiger partial charge in [-0.15, -0.1) is 0 Å². The Labute approximate surface area is 127 Å². The van der Waals surface area contributed by atoms with Crippen molar-refractivity contribution in [2.75, 3.05) is 7.11 Å². The van der Waals surface area contributed by atoms with Crippen LogP contribution in [0.25, 0.3) is 0 Å². The van der Waals surface area contributed by atoms with Crippen molar-refractivity contribution in [2.45, 2.75) is 42.9 Å². The van der Waals surface area contributed by atoms with Crippen LogP contribution in [0.1, 0.15) is 24.8 Å². The van der Waals surface area contributed by atoms with E-state index in [0.29, 0.717) is 10.0 Å². The Morgan fingerprint density at radius 3 is 2.80 bits per heavy atom. The van der Waals surface area contributed by atoms with E-state index in [4.69, 9.17) is 9.84 Å². The fourth-order valence-corrected chi connectivity index (χ4v) is 4.89. The highest BCUT2D eigenvalue weighted by Gasteiger charge is 2.31. The van der Waals surface area contributed by atoms with Crippen molar-refractivity contribution in [1.29, 1.82) is 0 Å². The number of aliphatic hydroxyl groups excluding tert-OH is 1. The van der Waals surface area contributed by atoms with Crippen molar-refractivity contribution in [3.8, 4) is 0 Å². The van der Waals surface area contributed by atoms with Gasteiger partial charge in [0.2, 0.25) is 10.0 Å². The van der Waals surface area contributed by atoms with Crippen LogP contribution in [-0.4, -0.2) is 32.8 Å². The zero-order valence-electron chi connectivity index (χ0n) is 11.2. The lowest BCUT2D eigenvalue weighted by Crippen LogP contribution is -2.40. The Kier molecular flexibility index (Phi) is 5.19. The number of aliphatic hydroxyl groups is 1. The van der Waals surface area contributed by atoms with E-state index in [0.717, 1.165) is 19.3 Å². The Morgan fingerprint density at radius 1 is 1.45 bits per heavy atom. The second-order valence-corrected chi connectivity index (χ2v) is 7.39. The highest BCUT2D eigenvalue weighted by atomic mass is 79.9. The quantitative estimate of drug-likeness (QED) is 0.835. The summed E-state index contributed by atoms with van der Waals surface area (Å²) >= 11 is 3.24. The van der Waals surface area contributed by atoms with Gasteiger partial charge >= 0.3 is 0 Å². The van der Waals surface area contributed by atoms with Gasteiger partial charge < -0.3 is 9.84 Å². The van der Waals surface area contributed by atoms with Crippen molar-refractivity contribution in [3.05, 3.63) is 28.2 Å². The molecule has 2 unspecified atom stereocenters. The Morgan fingerprint density at radius 2 is 2.20 bits per heavy atom. The van der Waals surface area contributed by atoms with Gasteiger partial charge in [-0.2, -0.15) is 0 Å². The van der Waals surface area contributed by atoms with E-state index in [1.54, 1.807) is 19.2 Å². The molecule has 0 bridgehead atoms. The number of nitrogens with one attached hydrogen (secondary N) is 1. The molecule has 2 rings (SSSR count). The van der Waals surface area contributed by atoms with E-state index < -0.39 is 10.0 Å². The lowest BCUT2D eigenvalue weighted by atomic mass is 10.2. The van der Waals surface area contributed by atoms with E-state index in [-0.39, 0.29) is 23.6 Å². The fraction of sp³-hybridized carbons (Fsp3) is 0.538. The van der Waals surface area contributed by atoms with Gasteiger partial charge in [-0.25, -0.2) is 13.1 Å². The molecule has 0 radical (unpaired) electrons. The van der Waals surface area contributed by atoms with Crippen molar-refractivity contribution in [1.82, 2.24) is 4.72 Å². The fourth-order valence-electron chi connectivity index (χ4n) is 2.47. The lowest BCUT2D eigenvalue weighted by Gasteiger charge is -2.20. The summed E-state index contributed by atoms with van der Waals surface area (Å²) in [5.74, 6) is 0. The van der Waals surface area contributed by atoms with Gasteiger partial charge in [-0.3, -0.25) is 0 Å². The molecule has 0 heterocycles. The Bertz CT molecular complexity index is 576. The Hall–Kier alpha value is -0.470. The monoisotopic (exact) mass is 363 g/mol.